The average molecular weight is 439 g/mol. The first-order chi connectivity index (χ1) is 15.2. The normalized spacial score (nSPS) is 13.2. The monoisotopic (exact) mass is 438 g/mol. The Hall–Kier alpha value is -3.08. The van der Waals surface area contributed by atoms with Crippen molar-refractivity contribution in [2.45, 2.75) is 41.0 Å². The van der Waals surface area contributed by atoms with Gasteiger partial charge >= 0.3 is 11.9 Å². The van der Waals surface area contributed by atoms with Crippen LogP contribution in [0.15, 0.2) is 54.6 Å². The number of methoxy groups -OCH3 is 1. The van der Waals surface area contributed by atoms with Crippen LogP contribution in [0, 0.1) is 17.3 Å². The molecule has 0 fully saturated rings. The quantitative estimate of drug-likeness (QED) is 0.254. The van der Waals surface area contributed by atoms with E-state index in [0.717, 1.165) is 22.4 Å². The molecule has 0 saturated carbocycles. The highest BCUT2D eigenvalue weighted by Crippen LogP contribution is 2.35. The van der Waals surface area contributed by atoms with Crippen LogP contribution >= 0.6 is 0 Å². The molecule has 5 nitrogen and oxygen atoms in total. The molecule has 0 aliphatic carbocycles. The molecule has 0 saturated heterocycles. The van der Waals surface area contributed by atoms with Crippen LogP contribution in [0.3, 0.4) is 0 Å². The lowest BCUT2D eigenvalue weighted by Gasteiger charge is -2.32. The molecule has 0 aromatic heterocycles. The van der Waals surface area contributed by atoms with Gasteiger partial charge in [0.15, 0.2) is 0 Å². The summed E-state index contributed by atoms with van der Waals surface area (Å²) >= 11 is 0. The van der Waals surface area contributed by atoms with Gasteiger partial charge in [0.25, 0.3) is 0 Å². The van der Waals surface area contributed by atoms with Crippen LogP contribution in [0.25, 0.3) is 17.2 Å². The molecule has 5 heteroatoms. The maximum Gasteiger partial charge on any atom is 0.333 e. The molecule has 0 spiro atoms. The second kappa shape index (κ2) is 11.5. The first-order valence-electron chi connectivity index (χ1n) is 10.9. The molecular weight excluding hydrogens is 404 g/mol. The first kappa shape index (κ1) is 25.2. The smallest absolute Gasteiger partial charge is 0.333 e. The van der Waals surface area contributed by atoms with E-state index < -0.39 is 18.2 Å². The average Bonchev–Trinajstić information content (AvgIpc) is 2.77. The van der Waals surface area contributed by atoms with Gasteiger partial charge in [0.05, 0.1) is 12.5 Å². The van der Waals surface area contributed by atoms with E-state index in [-0.39, 0.29) is 11.9 Å². The van der Waals surface area contributed by atoms with Crippen molar-refractivity contribution in [1.82, 2.24) is 0 Å². The fourth-order valence-corrected chi connectivity index (χ4v) is 3.49. The van der Waals surface area contributed by atoms with E-state index in [9.17, 15) is 9.59 Å². The molecule has 0 radical (unpaired) electrons. The summed E-state index contributed by atoms with van der Waals surface area (Å²) in [5.41, 5.74) is 2.39. The maximum atomic E-state index is 12.5. The van der Waals surface area contributed by atoms with Crippen molar-refractivity contribution in [2.75, 3.05) is 13.9 Å². The summed E-state index contributed by atoms with van der Waals surface area (Å²) in [4.78, 5) is 24.5. The zero-order valence-corrected chi connectivity index (χ0v) is 19.9. The Morgan fingerprint density at radius 3 is 1.97 bits per heavy atom. The molecule has 0 aliphatic rings. The summed E-state index contributed by atoms with van der Waals surface area (Å²) in [6, 6.07) is 15.6. The standard InChI is InChI=1S/C27H34O5/c1-19(2)17-27(5,20(3)4)26(29)32-18-31-25(28)16-9-21-7-10-22(11-8-21)23-12-14-24(30-6)15-13-23/h7-16,19-20H,17-18H2,1-6H3/b16-9+. The van der Waals surface area contributed by atoms with Crippen LogP contribution in [0.5, 0.6) is 5.75 Å². The summed E-state index contributed by atoms with van der Waals surface area (Å²) in [7, 11) is 1.64. The number of rotatable bonds is 10. The summed E-state index contributed by atoms with van der Waals surface area (Å²) in [6.45, 7) is 9.65. The molecule has 2 aromatic rings. The van der Waals surface area contributed by atoms with Crippen molar-refractivity contribution >= 4 is 18.0 Å². The second-order valence-electron chi connectivity index (χ2n) is 8.87. The van der Waals surface area contributed by atoms with Crippen molar-refractivity contribution in [3.8, 4) is 16.9 Å². The Kier molecular flexibility index (Phi) is 9.06. The summed E-state index contributed by atoms with van der Waals surface area (Å²) < 4.78 is 15.5. The third-order valence-electron chi connectivity index (χ3n) is 5.71. The molecule has 0 N–H and O–H groups in total. The zero-order chi connectivity index (χ0) is 23.7. The Morgan fingerprint density at radius 2 is 1.47 bits per heavy atom. The third kappa shape index (κ3) is 6.98. The van der Waals surface area contributed by atoms with E-state index in [0.29, 0.717) is 12.3 Å². The molecule has 2 aromatic carbocycles. The van der Waals surface area contributed by atoms with Crippen LogP contribution < -0.4 is 4.74 Å². The van der Waals surface area contributed by atoms with Gasteiger partial charge in [-0.1, -0.05) is 64.1 Å². The molecule has 1 atom stereocenters. The molecule has 0 aliphatic heterocycles. The lowest BCUT2D eigenvalue weighted by atomic mass is 9.73. The fraction of sp³-hybridized carbons (Fsp3) is 0.407. The minimum absolute atomic E-state index is 0.119. The van der Waals surface area contributed by atoms with Crippen molar-refractivity contribution in [1.29, 1.82) is 0 Å². The topological polar surface area (TPSA) is 61.8 Å². The molecule has 1 unspecified atom stereocenters. The minimum atomic E-state index is -0.609. The van der Waals surface area contributed by atoms with Crippen LogP contribution in [-0.4, -0.2) is 25.8 Å². The molecular formula is C27H34O5. The lowest BCUT2D eigenvalue weighted by Crippen LogP contribution is -2.36. The predicted octanol–water partition coefficient (Wildman–Crippen LogP) is 6.13. The van der Waals surface area contributed by atoms with Gasteiger partial charge in [-0.3, -0.25) is 4.79 Å². The number of hydrogen-bond acceptors (Lipinski definition) is 5. The highest BCUT2D eigenvalue weighted by atomic mass is 16.7. The maximum absolute atomic E-state index is 12.5. The van der Waals surface area contributed by atoms with Crippen LogP contribution in [0.4, 0.5) is 0 Å². The number of hydrogen-bond donors (Lipinski definition) is 0. The Morgan fingerprint density at radius 1 is 0.906 bits per heavy atom. The van der Waals surface area contributed by atoms with Crippen molar-refractivity contribution < 1.29 is 23.8 Å². The van der Waals surface area contributed by atoms with Crippen molar-refractivity contribution in [3.63, 3.8) is 0 Å². The van der Waals surface area contributed by atoms with E-state index in [1.54, 1.807) is 13.2 Å². The number of benzene rings is 2. The number of carbonyl (C=O) groups is 2. The van der Waals surface area contributed by atoms with E-state index in [2.05, 4.69) is 13.8 Å². The Labute approximate surface area is 191 Å². The van der Waals surface area contributed by atoms with Crippen LogP contribution in [0.2, 0.25) is 0 Å². The number of esters is 2. The van der Waals surface area contributed by atoms with Crippen LogP contribution in [0.1, 0.15) is 46.6 Å². The van der Waals surface area contributed by atoms with Crippen LogP contribution in [-0.2, 0) is 19.1 Å². The minimum Gasteiger partial charge on any atom is -0.497 e. The predicted molar refractivity (Wildman–Crippen MR) is 127 cm³/mol. The molecule has 0 bridgehead atoms. The summed E-state index contributed by atoms with van der Waals surface area (Å²) in [5, 5.41) is 0. The Bertz CT molecular complexity index is 910. The SMILES string of the molecule is COc1ccc(-c2ccc(/C=C/C(=O)OCOC(=O)C(C)(CC(C)C)C(C)C)cc2)cc1. The van der Waals surface area contributed by atoms with Gasteiger partial charge in [-0.15, -0.1) is 0 Å². The number of ether oxygens (including phenoxy) is 3. The molecule has 32 heavy (non-hydrogen) atoms. The van der Waals surface area contributed by atoms with Gasteiger partial charge in [0, 0.05) is 6.08 Å². The van der Waals surface area contributed by atoms with Crippen molar-refractivity contribution in [3.05, 3.63) is 60.2 Å². The first-order valence-corrected chi connectivity index (χ1v) is 10.9. The summed E-state index contributed by atoms with van der Waals surface area (Å²) in [6.07, 6.45) is 3.70. The number of carbonyl (C=O) groups excluding carboxylic acids is 2. The van der Waals surface area contributed by atoms with E-state index in [1.807, 2.05) is 69.3 Å². The fourth-order valence-electron chi connectivity index (χ4n) is 3.49. The third-order valence-corrected chi connectivity index (χ3v) is 5.71. The van der Waals surface area contributed by atoms with Gasteiger partial charge in [0.1, 0.15) is 5.75 Å². The molecule has 0 heterocycles. The second-order valence-corrected chi connectivity index (χ2v) is 8.87. The van der Waals surface area contributed by atoms with Gasteiger partial charge in [-0.05, 0) is 60.1 Å². The zero-order valence-electron chi connectivity index (χ0n) is 19.9. The van der Waals surface area contributed by atoms with Gasteiger partial charge in [0.2, 0.25) is 6.79 Å². The molecule has 2 rings (SSSR count). The highest BCUT2D eigenvalue weighted by molar-refractivity contribution is 5.87. The van der Waals surface area contributed by atoms with E-state index in [4.69, 9.17) is 14.2 Å². The largest absolute Gasteiger partial charge is 0.497 e. The molecule has 0 amide bonds. The van der Waals surface area contributed by atoms with Crippen molar-refractivity contribution in [2.24, 2.45) is 17.3 Å². The van der Waals surface area contributed by atoms with Gasteiger partial charge < -0.3 is 14.2 Å². The van der Waals surface area contributed by atoms with E-state index in [1.165, 1.54) is 6.08 Å². The van der Waals surface area contributed by atoms with Gasteiger partial charge in [-0.25, -0.2) is 4.79 Å². The highest BCUT2D eigenvalue weighted by Gasteiger charge is 2.38. The summed E-state index contributed by atoms with van der Waals surface area (Å²) in [5.74, 6) is 0.385. The molecule has 172 valence electrons. The van der Waals surface area contributed by atoms with Gasteiger partial charge in [-0.2, -0.15) is 0 Å². The lowest BCUT2D eigenvalue weighted by molar-refractivity contribution is -0.175. The van der Waals surface area contributed by atoms with E-state index >= 15 is 0 Å². The Balaban J connectivity index is 1.87.